The summed E-state index contributed by atoms with van der Waals surface area (Å²) in [6.45, 7) is -0.151. The van der Waals surface area contributed by atoms with Gasteiger partial charge in [0.05, 0.1) is 4.90 Å². The van der Waals surface area contributed by atoms with Crippen LogP contribution in [0.15, 0.2) is 59.5 Å². The van der Waals surface area contributed by atoms with Crippen molar-refractivity contribution in [3.05, 3.63) is 54.6 Å². The lowest BCUT2D eigenvalue weighted by Crippen LogP contribution is -2.32. The number of amides is 1. The van der Waals surface area contributed by atoms with Crippen molar-refractivity contribution < 1.29 is 17.9 Å². The second kappa shape index (κ2) is 8.33. The number of rotatable bonds is 7. The molecule has 0 aromatic heterocycles. The molecule has 0 unspecified atom stereocenters. The van der Waals surface area contributed by atoms with Gasteiger partial charge in [0.25, 0.3) is 5.91 Å². The fourth-order valence-electron chi connectivity index (χ4n) is 2.91. The van der Waals surface area contributed by atoms with Crippen molar-refractivity contribution in [1.29, 1.82) is 0 Å². The molecular formula is C19H22N2O4S. The summed E-state index contributed by atoms with van der Waals surface area (Å²) in [4.78, 5) is 12.1. The van der Waals surface area contributed by atoms with E-state index in [9.17, 15) is 13.2 Å². The minimum atomic E-state index is -3.52. The first-order chi connectivity index (χ1) is 12.5. The van der Waals surface area contributed by atoms with Gasteiger partial charge in [-0.3, -0.25) is 4.79 Å². The molecule has 0 saturated heterocycles. The van der Waals surface area contributed by atoms with Crippen molar-refractivity contribution in [3.63, 3.8) is 0 Å². The summed E-state index contributed by atoms with van der Waals surface area (Å²) in [6.07, 6.45) is 3.89. The van der Waals surface area contributed by atoms with Crippen LogP contribution in [0.5, 0.6) is 5.75 Å². The van der Waals surface area contributed by atoms with Crippen LogP contribution < -0.4 is 14.8 Å². The maximum absolute atomic E-state index is 12.4. The lowest BCUT2D eigenvalue weighted by Gasteiger charge is -2.13. The third kappa shape index (κ3) is 5.06. The second-order valence-corrected chi connectivity index (χ2v) is 7.99. The first-order valence-electron chi connectivity index (χ1n) is 8.63. The molecule has 0 spiro atoms. The van der Waals surface area contributed by atoms with Crippen LogP contribution in [0.25, 0.3) is 0 Å². The molecule has 3 rings (SSSR count). The molecule has 0 aliphatic heterocycles. The highest BCUT2D eigenvalue weighted by molar-refractivity contribution is 7.89. The molecule has 1 amide bonds. The zero-order valence-electron chi connectivity index (χ0n) is 14.4. The van der Waals surface area contributed by atoms with E-state index in [1.165, 1.54) is 12.1 Å². The summed E-state index contributed by atoms with van der Waals surface area (Å²) in [5, 5.41) is 2.72. The maximum Gasteiger partial charge on any atom is 0.262 e. The van der Waals surface area contributed by atoms with E-state index in [1.54, 1.807) is 24.3 Å². The lowest BCUT2D eigenvalue weighted by atomic mass is 10.3. The highest BCUT2D eigenvalue weighted by Crippen LogP contribution is 2.21. The Morgan fingerprint density at radius 1 is 1.00 bits per heavy atom. The molecule has 7 heteroatoms. The Kier molecular flexibility index (Phi) is 5.90. The van der Waals surface area contributed by atoms with Gasteiger partial charge < -0.3 is 10.1 Å². The SMILES string of the molecule is O=C(COc1ccc(S(=O)(=O)NC2CCCC2)cc1)Nc1ccccc1. The molecule has 0 radical (unpaired) electrons. The zero-order chi connectivity index (χ0) is 18.4. The summed E-state index contributed by atoms with van der Waals surface area (Å²) in [5.41, 5.74) is 0.695. The Labute approximate surface area is 153 Å². The smallest absolute Gasteiger partial charge is 0.262 e. The molecule has 2 aromatic carbocycles. The number of carbonyl (C=O) groups is 1. The van der Waals surface area contributed by atoms with Crippen molar-refractivity contribution in [2.75, 3.05) is 11.9 Å². The summed E-state index contributed by atoms with van der Waals surface area (Å²) >= 11 is 0. The summed E-state index contributed by atoms with van der Waals surface area (Å²) in [5.74, 6) is 0.156. The Morgan fingerprint density at radius 3 is 2.31 bits per heavy atom. The highest BCUT2D eigenvalue weighted by Gasteiger charge is 2.22. The van der Waals surface area contributed by atoms with Crippen LogP contribution >= 0.6 is 0 Å². The van der Waals surface area contributed by atoms with Crippen molar-refractivity contribution in [2.45, 2.75) is 36.6 Å². The molecule has 138 valence electrons. The summed E-state index contributed by atoms with van der Waals surface area (Å²) in [7, 11) is -3.52. The Balaban J connectivity index is 1.53. The van der Waals surface area contributed by atoms with Crippen LogP contribution in [-0.4, -0.2) is 27.0 Å². The fraction of sp³-hybridized carbons (Fsp3) is 0.316. The normalized spacial score (nSPS) is 14.9. The van der Waals surface area contributed by atoms with E-state index >= 15 is 0 Å². The topological polar surface area (TPSA) is 84.5 Å². The molecule has 0 heterocycles. The van der Waals surface area contributed by atoms with E-state index < -0.39 is 10.0 Å². The molecule has 1 saturated carbocycles. The minimum Gasteiger partial charge on any atom is -0.484 e. The third-order valence-electron chi connectivity index (χ3n) is 4.24. The molecule has 0 atom stereocenters. The van der Waals surface area contributed by atoms with Gasteiger partial charge in [-0.1, -0.05) is 31.0 Å². The summed E-state index contributed by atoms with van der Waals surface area (Å²) in [6, 6.07) is 15.2. The molecule has 26 heavy (non-hydrogen) atoms. The van der Waals surface area contributed by atoms with Crippen molar-refractivity contribution in [2.24, 2.45) is 0 Å². The van der Waals surface area contributed by atoms with E-state index in [-0.39, 0.29) is 23.5 Å². The number of hydrogen-bond donors (Lipinski definition) is 2. The van der Waals surface area contributed by atoms with Crippen LogP contribution in [0.3, 0.4) is 0 Å². The van der Waals surface area contributed by atoms with Gasteiger partial charge in [-0.05, 0) is 49.2 Å². The molecule has 1 aliphatic rings. The predicted molar refractivity (Wildman–Crippen MR) is 99.6 cm³/mol. The average Bonchev–Trinajstić information content (AvgIpc) is 3.13. The Morgan fingerprint density at radius 2 is 1.65 bits per heavy atom. The van der Waals surface area contributed by atoms with Gasteiger partial charge in [0.2, 0.25) is 10.0 Å². The Bertz CT molecular complexity index is 830. The third-order valence-corrected chi connectivity index (χ3v) is 5.77. The first kappa shape index (κ1) is 18.4. The van der Waals surface area contributed by atoms with Crippen LogP contribution in [0.2, 0.25) is 0 Å². The van der Waals surface area contributed by atoms with E-state index in [0.29, 0.717) is 11.4 Å². The number of nitrogens with one attached hydrogen (secondary N) is 2. The van der Waals surface area contributed by atoms with Gasteiger partial charge in [-0.2, -0.15) is 0 Å². The van der Waals surface area contributed by atoms with E-state index in [4.69, 9.17) is 4.74 Å². The number of para-hydroxylation sites is 1. The Hall–Kier alpha value is -2.38. The fourth-order valence-corrected chi connectivity index (χ4v) is 4.22. The molecule has 6 nitrogen and oxygen atoms in total. The molecule has 2 aromatic rings. The van der Waals surface area contributed by atoms with Gasteiger partial charge in [0.1, 0.15) is 5.75 Å². The van der Waals surface area contributed by atoms with Gasteiger partial charge in [0, 0.05) is 11.7 Å². The van der Waals surface area contributed by atoms with Gasteiger partial charge in [-0.25, -0.2) is 13.1 Å². The van der Waals surface area contributed by atoms with E-state index in [1.807, 2.05) is 18.2 Å². The zero-order valence-corrected chi connectivity index (χ0v) is 15.2. The van der Waals surface area contributed by atoms with Crippen LogP contribution in [0.1, 0.15) is 25.7 Å². The highest BCUT2D eigenvalue weighted by atomic mass is 32.2. The summed E-state index contributed by atoms with van der Waals surface area (Å²) < 4.78 is 32.9. The van der Waals surface area contributed by atoms with Crippen molar-refractivity contribution in [3.8, 4) is 5.75 Å². The standard InChI is InChI=1S/C19H22N2O4S/c22-19(20-15-6-2-1-3-7-15)14-25-17-10-12-18(13-11-17)26(23,24)21-16-8-4-5-9-16/h1-3,6-7,10-13,16,21H,4-5,8-9,14H2,(H,20,22). The number of ether oxygens (including phenoxy) is 1. The maximum atomic E-state index is 12.4. The first-order valence-corrected chi connectivity index (χ1v) is 10.1. The van der Waals surface area contributed by atoms with Crippen molar-refractivity contribution >= 4 is 21.6 Å². The van der Waals surface area contributed by atoms with Gasteiger partial charge in [-0.15, -0.1) is 0 Å². The number of hydrogen-bond acceptors (Lipinski definition) is 4. The average molecular weight is 374 g/mol. The van der Waals surface area contributed by atoms with Crippen LogP contribution in [0, 0.1) is 0 Å². The van der Waals surface area contributed by atoms with Crippen LogP contribution in [0.4, 0.5) is 5.69 Å². The van der Waals surface area contributed by atoms with Crippen LogP contribution in [-0.2, 0) is 14.8 Å². The molecular weight excluding hydrogens is 352 g/mol. The molecule has 0 bridgehead atoms. The molecule has 1 fully saturated rings. The van der Waals surface area contributed by atoms with E-state index in [2.05, 4.69) is 10.0 Å². The van der Waals surface area contributed by atoms with Crippen molar-refractivity contribution in [1.82, 2.24) is 4.72 Å². The number of anilines is 1. The molecule has 2 N–H and O–H groups in total. The lowest BCUT2D eigenvalue weighted by molar-refractivity contribution is -0.118. The van der Waals surface area contributed by atoms with Gasteiger partial charge in [0.15, 0.2) is 6.61 Å². The monoisotopic (exact) mass is 374 g/mol. The number of carbonyl (C=O) groups excluding carboxylic acids is 1. The van der Waals surface area contributed by atoms with E-state index in [0.717, 1.165) is 25.7 Å². The second-order valence-electron chi connectivity index (χ2n) is 6.28. The number of sulfonamides is 1. The number of benzene rings is 2. The predicted octanol–water partition coefficient (Wildman–Crippen LogP) is 2.93. The molecule has 1 aliphatic carbocycles. The van der Waals surface area contributed by atoms with Gasteiger partial charge >= 0.3 is 0 Å². The quantitative estimate of drug-likeness (QED) is 0.780. The largest absolute Gasteiger partial charge is 0.484 e. The minimum absolute atomic E-state index is 0.0256.